The normalized spacial score (nSPS) is 10.2. The van der Waals surface area contributed by atoms with Gasteiger partial charge in [0.25, 0.3) is 11.8 Å². The average molecular weight is 428 g/mol. The summed E-state index contributed by atoms with van der Waals surface area (Å²) in [5.74, 6) is -0.379. The fourth-order valence-electron chi connectivity index (χ4n) is 1.89. The monoisotopic (exact) mass is 426 g/mol. The molecular formula is C17H16BrClN2O4. The smallest absolute Gasteiger partial charge is 0.271 e. The lowest BCUT2D eigenvalue weighted by Crippen LogP contribution is -2.41. The van der Waals surface area contributed by atoms with Gasteiger partial charge in [0.05, 0.1) is 21.7 Å². The third-order valence-electron chi connectivity index (χ3n) is 3.15. The fraction of sp³-hybridized carbons (Fsp3) is 0.176. The van der Waals surface area contributed by atoms with Crippen molar-refractivity contribution < 1.29 is 19.1 Å². The van der Waals surface area contributed by atoms with Gasteiger partial charge in [-0.3, -0.25) is 20.4 Å². The van der Waals surface area contributed by atoms with E-state index in [-0.39, 0.29) is 5.56 Å². The summed E-state index contributed by atoms with van der Waals surface area (Å²) in [5.41, 5.74) is 5.30. The molecule has 2 N–H and O–H groups in total. The number of hydrogen-bond donors (Lipinski definition) is 2. The Morgan fingerprint density at radius 2 is 1.80 bits per heavy atom. The van der Waals surface area contributed by atoms with Crippen molar-refractivity contribution in [2.24, 2.45) is 0 Å². The molecule has 6 nitrogen and oxygen atoms in total. The zero-order chi connectivity index (χ0) is 18.2. The Kier molecular flexibility index (Phi) is 7.24. The minimum absolute atomic E-state index is 0.271. The molecule has 8 heteroatoms. The second-order valence-electron chi connectivity index (χ2n) is 4.87. The quantitative estimate of drug-likeness (QED) is 0.548. The number of carbonyl (C=O) groups excluding carboxylic acids is 2. The van der Waals surface area contributed by atoms with E-state index in [0.717, 1.165) is 0 Å². The summed E-state index contributed by atoms with van der Waals surface area (Å²) in [6, 6.07) is 11.4. The number of carbonyl (C=O) groups is 2. The van der Waals surface area contributed by atoms with Crippen molar-refractivity contribution in [1.82, 2.24) is 10.9 Å². The zero-order valence-electron chi connectivity index (χ0n) is 13.3. The third-order valence-corrected chi connectivity index (χ3v) is 4.10. The van der Waals surface area contributed by atoms with E-state index in [9.17, 15) is 9.59 Å². The van der Waals surface area contributed by atoms with Gasteiger partial charge in [0.1, 0.15) is 12.4 Å². The molecule has 25 heavy (non-hydrogen) atoms. The molecule has 0 saturated heterocycles. The van der Waals surface area contributed by atoms with E-state index in [4.69, 9.17) is 21.1 Å². The summed E-state index contributed by atoms with van der Waals surface area (Å²) < 4.78 is 11.0. The summed E-state index contributed by atoms with van der Waals surface area (Å²) in [4.78, 5) is 24.2. The number of halogens is 2. The van der Waals surface area contributed by atoms with E-state index < -0.39 is 11.8 Å². The van der Waals surface area contributed by atoms with Gasteiger partial charge in [0.15, 0.2) is 0 Å². The van der Waals surface area contributed by atoms with E-state index in [2.05, 4.69) is 26.8 Å². The highest BCUT2D eigenvalue weighted by Gasteiger charge is 2.13. The van der Waals surface area contributed by atoms with Crippen LogP contribution >= 0.6 is 27.5 Å². The van der Waals surface area contributed by atoms with Crippen LogP contribution < -0.4 is 15.6 Å². The van der Waals surface area contributed by atoms with Crippen molar-refractivity contribution in [3.8, 4) is 5.75 Å². The summed E-state index contributed by atoms with van der Waals surface area (Å²) in [6.45, 7) is 0.858. The van der Waals surface area contributed by atoms with Gasteiger partial charge < -0.3 is 9.47 Å². The van der Waals surface area contributed by atoms with Crippen molar-refractivity contribution in [1.29, 1.82) is 0 Å². The van der Waals surface area contributed by atoms with E-state index in [0.29, 0.717) is 34.0 Å². The van der Waals surface area contributed by atoms with Crippen molar-refractivity contribution >= 4 is 39.3 Å². The first kappa shape index (κ1) is 19.2. The molecule has 0 spiro atoms. The van der Waals surface area contributed by atoms with Crippen molar-refractivity contribution in [2.75, 3.05) is 20.3 Å². The maximum Gasteiger partial charge on any atom is 0.271 e. The predicted octanol–water partition coefficient (Wildman–Crippen LogP) is 3.20. The molecule has 0 aliphatic heterocycles. The summed E-state index contributed by atoms with van der Waals surface area (Å²) in [6.07, 6.45) is 0. The molecule has 2 rings (SSSR count). The molecule has 2 aromatic carbocycles. The van der Waals surface area contributed by atoms with Gasteiger partial charge in [-0.15, -0.1) is 0 Å². The van der Waals surface area contributed by atoms with Gasteiger partial charge >= 0.3 is 0 Å². The maximum atomic E-state index is 12.1. The van der Waals surface area contributed by atoms with Gasteiger partial charge in [-0.05, 0) is 46.3 Å². The molecule has 0 heterocycles. The van der Waals surface area contributed by atoms with Crippen LogP contribution in [0.2, 0.25) is 5.02 Å². The molecule has 0 radical (unpaired) electrons. The van der Waals surface area contributed by atoms with Gasteiger partial charge in [-0.1, -0.05) is 23.7 Å². The van der Waals surface area contributed by atoms with Crippen LogP contribution in [0.15, 0.2) is 46.9 Å². The number of amides is 2. The van der Waals surface area contributed by atoms with Crippen LogP contribution in [-0.4, -0.2) is 32.1 Å². The van der Waals surface area contributed by atoms with Crippen LogP contribution in [0, 0.1) is 0 Å². The largest absolute Gasteiger partial charge is 0.490 e. The van der Waals surface area contributed by atoms with E-state index in [1.54, 1.807) is 49.6 Å². The minimum Gasteiger partial charge on any atom is -0.490 e. The lowest BCUT2D eigenvalue weighted by molar-refractivity contribution is 0.0846. The molecule has 2 amide bonds. The topological polar surface area (TPSA) is 76.7 Å². The third kappa shape index (κ3) is 5.45. The van der Waals surface area contributed by atoms with Gasteiger partial charge in [-0.2, -0.15) is 0 Å². The van der Waals surface area contributed by atoms with Gasteiger partial charge in [0.2, 0.25) is 0 Å². The second-order valence-corrected chi connectivity index (χ2v) is 6.14. The summed E-state index contributed by atoms with van der Waals surface area (Å²) >= 11 is 9.28. The van der Waals surface area contributed by atoms with Crippen LogP contribution in [0.25, 0.3) is 0 Å². The van der Waals surface area contributed by atoms with Crippen molar-refractivity contribution in [3.05, 3.63) is 63.1 Å². The number of rotatable bonds is 6. The predicted molar refractivity (Wildman–Crippen MR) is 97.9 cm³/mol. The molecule has 0 aliphatic rings. The number of methoxy groups -OCH3 is 1. The summed E-state index contributed by atoms with van der Waals surface area (Å²) in [7, 11) is 1.59. The molecule has 0 saturated carbocycles. The molecule has 0 unspecified atom stereocenters. The molecule has 0 aliphatic carbocycles. The van der Waals surface area contributed by atoms with Crippen LogP contribution in [0.5, 0.6) is 5.75 Å². The fourth-order valence-corrected chi connectivity index (χ4v) is 2.61. The highest BCUT2D eigenvalue weighted by molar-refractivity contribution is 9.10. The van der Waals surface area contributed by atoms with E-state index >= 15 is 0 Å². The Balaban J connectivity index is 1.95. The van der Waals surface area contributed by atoms with Gasteiger partial charge in [0, 0.05) is 12.7 Å². The zero-order valence-corrected chi connectivity index (χ0v) is 15.7. The first-order chi connectivity index (χ1) is 12.0. The lowest BCUT2D eigenvalue weighted by atomic mass is 10.2. The van der Waals surface area contributed by atoms with Crippen LogP contribution in [0.1, 0.15) is 20.7 Å². The van der Waals surface area contributed by atoms with E-state index in [1.165, 1.54) is 0 Å². The molecule has 0 fully saturated rings. The minimum atomic E-state index is -0.502. The number of hydrazine groups is 1. The Labute approximate surface area is 158 Å². The van der Waals surface area contributed by atoms with Crippen molar-refractivity contribution in [2.45, 2.75) is 0 Å². The highest BCUT2D eigenvalue weighted by Crippen LogP contribution is 2.26. The number of benzene rings is 2. The maximum absolute atomic E-state index is 12.1. The number of hydrogen-bond acceptors (Lipinski definition) is 4. The van der Waals surface area contributed by atoms with Crippen LogP contribution in [0.3, 0.4) is 0 Å². The van der Waals surface area contributed by atoms with Crippen LogP contribution in [-0.2, 0) is 4.74 Å². The summed E-state index contributed by atoms with van der Waals surface area (Å²) in [5, 5.41) is 0.301. The molecule has 0 atom stereocenters. The molecule has 0 aromatic heterocycles. The Morgan fingerprint density at radius 1 is 1.08 bits per heavy atom. The number of ether oxygens (including phenoxy) is 2. The number of nitrogens with one attached hydrogen (secondary N) is 2. The van der Waals surface area contributed by atoms with Gasteiger partial charge in [-0.25, -0.2) is 0 Å². The lowest BCUT2D eigenvalue weighted by Gasteiger charge is -2.11. The average Bonchev–Trinajstić information content (AvgIpc) is 2.61. The standard InChI is InChI=1S/C17H16BrClN2O4/c1-24-8-9-25-15-7-6-11(10-13(15)18)16(22)20-21-17(23)12-4-2-3-5-14(12)19/h2-7,10H,8-9H2,1H3,(H,20,22)(H,21,23). The van der Waals surface area contributed by atoms with Crippen LogP contribution in [0.4, 0.5) is 0 Å². The van der Waals surface area contributed by atoms with Crippen molar-refractivity contribution in [3.63, 3.8) is 0 Å². The molecular weight excluding hydrogens is 412 g/mol. The molecule has 132 valence electrons. The first-order valence-corrected chi connectivity index (χ1v) is 8.46. The Morgan fingerprint density at radius 3 is 2.48 bits per heavy atom. The first-order valence-electron chi connectivity index (χ1n) is 7.29. The molecule has 0 bridgehead atoms. The Bertz CT molecular complexity index is 770. The second kappa shape index (κ2) is 9.41. The van der Waals surface area contributed by atoms with E-state index in [1.807, 2.05) is 0 Å². The Hall–Kier alpha value is -2.09. The SMILES string of the molecule is COCCOc1ccc(C(=O)NNC(=O)c2ccccc2Cl)cc1Br. The highest BCUT2D eigenvalue weighted by atomic mass is 79.9. The molecule has 2 aromatic rings.